The van der Waals surface area contributed by atoms with Gasteiger partial charge in [-0.25, -0.2) is 0 Å². The largest absolute Gasteiger partial charge is 0.343 e. The van der Waals surface area contributed by atoms with Gasteiger partial charge in [0.2, 0.25) is 11.8 Å². The van der Waals surface area contributed by atoms with Crippen molar-refractivity contribution in [3.63, 3.8) is 0 Å². The molecule has 1 aromatic carbocycles. The third kappa shape index (κ3) is 3.97. The molecule has 114 valence electrons. The Morgan fingerprint density at radius 3 is 2.71 bits per heavy atom. The van der Waals surface area contributed by atoms with Crippen molar-refractivity contribution in [1.82, 2.24) is 10.2 Å². The number of hydrogen-bond donors (Lipinski definition) is 1. The summed E-state index contributed by atoms with van der Waals surface area (Å²) < 4.78 is 0. The maximum Gasteiger partial charge on any atom is 0.245 e. The van der Waals surface area contributed by atoms with Crippen molar-refractivity contribution in [2.24, 2.45) is 5.92 Å². The molecule has 1 fully saturated rings. The van der Waals surface area contributed by atoms with Gasteiger partial charge in [-0.15, -0.1) is 0 Å². The van der Waals surface area contributed by atoms with Crippen molar-refractivity contribution in [3.8, 4) is 0 Å². The van der Waals surface area contributed by atoms with E-state index in [2.05, 4.69) is 5.32 Å². The predicted octanol–water partition coefficient (Wildman–Crippen LogP) is 2.52. The Morgan fingerprint density at radius 2 is 2.10 bits per heavy atom. The highest BCUT2D eigenvalue weighted by molar-refractivity contribution is 6.31. The molecule has 1 unspecified atom stereocenters. The van der Waals surface area contributed by atoms with Crippen LogP contribution in [0.2, 0.25) is 5.02 Å². The van der Waals surface area contributed by atoms with E-state index in [-0.39, 0.29) is 18.4 Å². The molecule has 1 aliphatic heterocycles. The summed E-state index contributed by atoms with van der Waals surface area (Å²) in [5.74, 6) is 0.214. The van der Waals surface area contributed by atoms with Crippen LogP contribution in [0.4, 0.5) is 0 Å². The molecule has 0 bridgehead atoms. The Balaban J connectivity index is 2.14. The lowest BCUT2D eigenvalue weighted by molar-refractivity contribution is -0.145. The summed E-state index contributed by atoms with van der Waals surface area (Å²) in [6, 6.07) is 5.32. The van der Waals surface area contributed by atoms with Gasteiger partial charge >= 0.3 is 0 Å². The van der Waals surface area contributed by atoms with E-state index in [9.17, 15) is 9.59 Å². The van der Waals surface area contributed by atoms with Gasteiger partial charge < -0.3 is 10.2 Å². The topological polar surface area (TPSA) is 49.4 Å². The second kappa shape index (κ2) is 6.48. The molecular weight excluding hydrogens is 288 g/mol. The van der Waals surface area contributed by atoms with Gasteiger partial charge in [0.1, 0.15) is 6.04 Å². The van der Waals surface area contributed by atoms with Gasteiger partial charge in [-0.1, -0.05) is 37.6 Å². The fourth-order valence-corrected chi connectivity index (χ4v) is 2.82. The Kier molecular flexibility index (Phi) is 4.88. The number of nitrogens with zero attached hydrogens (tertiary/aromatic N) is 1. The molecule has 5 heteroatoms. The zero-order chi connectivity index (χ0) is 15.6. The van der Waals surface area contributed by atoms with Crippen molar-refractivity contribution >= 4 is 23.4 Å². The van der Waals surface area contributed by atoms with E-state index in [0.29, 0.717) is 23.9 Å². The zero-order valence-electron chi connectivity index (χ0n) is 12.6. The fraction of sp³-hybridized carbons (Fsp3) is 0.500. The molecule has 1 aliphatic rings. The third-order valence-electron chi connectivity index (χ3n) is 3.56. The number of carbonyl (C=O) groups is 2. The predicted molar refractivity (Wildman–Crippen MR) is 83.0 cm³/mol. The average molecular weight is 309 g/mol. The molecule has 1 aromatic rings. The van der Waals surface area contributed by atoms with E-state index in [1.54, 1.807) is 4.90 Å². The molecule has 0 radical (unpaired) electrons. The molecule has 4 nitrogen and oxygen atoms in total. The maximum absolute atomic E-state index is 12.5. The first kappa shape index (κ1) is 15.8. The zero-order valence-corrected chi connectivity index (χ0v) is 13.4. The number of halogens is 1. The van der Waals surface area contributed by atoms with E-state index < -0.39 is 6.04 Å². The minimum atomic E-state index is -0.421. The van der Waals surface area contributed by atoms with Crippen LogP contribution in [0.3, 0.4) is 0 Å². The Bertz CT molecular complexity index is 557. The lowest BCUT2D eigenvalue weighted by Gasteiger charge is -2.33. The first-order chi connectivity index (χ1) is 9.86. The number of amides is 2. The van der Waals surface area contributed by atoms with Crippen LogP contribution in [0.5, 0.6) is 0 Å². The van der Waals surface area contributed by atoms with Gasteiger partial charge in [0, 0.05) is 11.6 Å². The van der Waals surface area contributed by atoms with Crippen LogP contribution < -0.4 is 5.32 Å². The highest BCUT2D eigenvalue weighted by Crippen LogP contribution is 2.21. The highest BCUT2D eigenvalue weighted by Gasteiger charge is 2.33. The molecule has 2 amide bonds. The van der Waals surface area contributed by atoms with E-state index in [4.69, 9.17) is 11.6 Å². The standard InChI is InChI=1S/C16H21ClN2O2/c1-10(2)6-14-16(21)19(9-15(20)18-14)8-12-5-4-11(3)7-13(12)17/h4-5,7,10,14H,6,8-9H2,1-3H3,(H,18,20). The number of nitrogens with one attached hydrogen (secondary N) is 1. The Labute approximate surface area is 130 Å². The summed E-state index contributed by atoms with van der Waals surface area (Å²) in [5.41, 5.74) is 1.94. The second-order valence-electron chi connectivity index (χ2n) is 6.04. The van der Waals surface area contributed by atoms with Crippen molar-refractivity contribution in [2.45, 2.75) is 39.8 Å². The summed E-state index contributed by atoms with van der Waals surface area (Å²) in [5, 5.41) is 3.41. The summed E-state index contributed by atoms with van der Waals surface area (Å²) in [4.78, 5) is 25.8. The quantitative estimate of drug-likeness (QED) is 0.929. The second-order valence-corrected chi connectivity index (χ2v) is 6.45. The van der Waals surface area contributed by atoms with Crippen LogP contribution in [-0.4, -0.2) is 29.3 Å². The van der Waals surface area contributed by atoms with Gasteiger partial charge in [-0.3, -0.25) is 9.59 Å². The Hall–Kier alpha value is -1.55. The summed E-state index contributed by atoms with van der Waals surface area (Å²) in [6.07, 6.45) is 0.655. The number of carbonyl (C=O) groups excluding carboxylic acids is 2. The SMILES string of the molecule is Cc1ccc(CN2CC(=O)NC(CC(C)C)C2=O)c(Cl)c1. The highest BCUT2D eigenvalue weighted by atomic mass is 35.5. The number of aryl methyl sites for hydroxylation is 1. The number of benzene rings is 1. The first-order valence-electron chi connectivity index (χ1n) is 7.20. The molecule has 2 rings (SSSR count). The van der Waals surface area contributed by atoms with Crippen molar-refractivity contribution in [2.75, 3.05) is 6.54 Å². The molecule has 21 heavy (non-hydrogen) atoms. The molecule has 1 N–H and O–H groups in total. The molecule has 1 atom stereocenters. The van der Waals surface area contributed by atoms with Crippen LogP contribution in [0.25, 0.3) is 0 Å². The molecule has 1 saturated heterocycles. The smallest absolute Gasteiger partial charge is 0.245 e. The third-order valence-corrected chi connectivity index (χ3v) is 3.91. The van der Waals surface area contributed by atoms with Crippen LogP contribution in [0.1, 0.15) is 31.4 Å². The molecule has 0 aliphatic carbocycles. The van der Waals surface area contributed by atoms with Gasteiger partial charge in [0.05, 0.1) is 6.54 Å². The molecule has 0 saturated carbocycles. The van der Waals surface area contributed by atoms with Gasteiger partial charge in [-0.2, -0.15) is 0 Å². The van der Waals surface area contributed by atoms with Crippen LogP contribution in [0, 0.1) is 12.8 Å². The maximum atomic E-state index is 12.5. The van der Waals surface area contributed by atoms with Crippen LogP contribution in [-0.2, 0) is 16.1 Å². The van der Waals surface area contributed by atoms with Crippen molar-refractivity contribution < 1.29 is 9.59 Å². The number of hydrogen-bond acceptors (Lipinski definition) is 2. The van der Waals surface area contributed by atoms with E-state index >= 15 is 0 Å². The van der Waals surface area contributed by atoms with E-state index in [1.807, 2.05) is 39.0 Å². The van der Waals surface area contributed by atoms with E-state index in [1.165, 1.54) is 0 Å². The van der Waals surface area contributed by atoms with Crippen molar-refractivity contribution in [1.29, 1.82) is 0 Å². The molecular formula is C16H21ClN2O2. The summed E-state index contributed by atoms with van der Waals surface area (Å²) in [7, 11) is 0. The van der Waals surface area contributed by atoms with Crippen LogP contribution >= 0.6 is 11.6 Å². The molecule has 1 heterocycles. The minimum absolute atomic E-state index is 0.0278. The lowest BCUT2D eigenvalue weighted by Crippen LogP contribution is -2.57. The minimum Gasteiger partial charge on any atom is -0.343 e. The van der Waals surface area contributed by atoms with Gasteiger partial charge in [0.25, 0.3) is 0 Å². The Morgan fingerprint density at radius 1 is 1.38 bits per heavy atom. The lowest BCUT2D eigenvalue weighted by atomic mass is 10.0. The number of rotatable bonds is 4. The monoisotopic (exact) mass is 308 g/mol. The fourth-order valence-electron chi connectivity index (χ4n) is 2.52. The molecule has 0 spiro atoms. The average Bonchev–Trinajstić information content (AvgIpc) is 2.37. The molecule has 0 aromatic heterocycles. The normalized spacial score (nSPS) is 19.1. The van der Waals surface area contributed by atoms with E-state index in [0.717, 1.165) is 11.1 Å². The summed E-state index contributed by atoms with van der Waals surface area (Å²) >= 11 is 6.22. The van der Waals surface area contributed by atoms with Crippen LogP contribution in [0.15, 0.2) is 18.2 Å². The first-order valence-corrected chi connectivity index (χ1v) is 7.57. The van der Waals surface area contributed by atoms with Gasteiger partial charge in [-0.05, 0) is 36.5 Å². The van der Waals surface area contributed by atoms with Gasteiger partial charge in [0.15, 0.2) is 0 Å². The number of piperazine rings is 1. The summed E-state index contributed by atoms with van der Waals surface area (Å²) in [6.45, 7) is 6.51. The van der Waals surface area contributed by atoms with Crippen molar-refractivity contribution in [3.05, 3.63) is 34.3 Å².